The van der Waals surface area contributed by atoms with E-state index in [0.717, 1.165) is 12.1 Å². The Balaban J connectivity index is 0.00000220. The fourth-order valence-electron chi connectivity index (χ4n) is 2.01. The Kier molecular flexibility index (Phi) is 6.61. The van der Waals surface area contributed by atoms with Crippen LogP contribution >= 0.6 is 12.4 Å². The lowest BCUT2D eigenvalue weighted by atomic mass is 10.1. The Labute approximate surface area is 130 Å². The average molecular weight is 314 g/mol. The number of carbonyl (C=O) groups excluding carboxylic acids is 2. The van der Waals surface area contributed by atoms with Gasteiger partial charge >= 0.3 is 0 Å². The molecular weight excluding hydrogens is 294 g/mol. The van der Waals surface area contributed by atoms with E-state index in [-0.39, 0.29) is 24.2 Å². The standard InChI is InChI=1S/C14H19N3O3.ClH/c1-9-3-4-11(16-10(2)18)12(7-9)17-14(19)13-8-15-5-6-20-13;/h3-4,7,13,15H,5-6,8H2,1-2H3,(H,16,18)(H,17,19);1H. The fraction of sp³-hybridized carbons (Fsp3) is 0.429. The first-order valence-corrected chi connectivity index (χ1v) is 6.57. The number of aryl methyl sites for hydroxylation is 1. The molecule has 1 aliphatic heterocycles. The van der Waals surface area contributed by atoms with Gasteiger partial charge in [0.1, 0.15) is 6.10 Å². The van der Waals surface area contributed by atoms with E-state index >= 15 is 0 Å². The van der Waals surface area contributed by atoms with Crippen molar-refractivity contribution in [1.29, 1.82) is 0 Å². The lowest BCUT2D eigenvalue weighted by Gasteiger charge is -2.23. The van der Waals surface area contributed by atoms with Crippen LogP contribution < -0.4 is 16.0 Å². The van der Waals surface area contributed by atoms with Crippen molar-refractivity contribution in [1.82, 2.24) is 5.32 Å². The molecule has 3 N–H and O–H groups in total. The number of morpholine rings is 1. The topological polar surface area (TPSA) is 79.5 Å². The zero-order valence-electron chi connectivity index (χ0n) is 12.1. The highest BCUT2D eigenvalue weighted by Gasteiger charge is 2.22. The average Bonchev–Trinajstić information content (AvgIpc) is 2.42. The number of nitrogens with one attached hydrogen (secondary N) is 3. The summed E-state index contributed by atoms with van der Waals surface area (Å²) in [4.78, 5) is 23.3. The molecule has 0 spiro atoms. The van der Waals surface area contributed by atoms with Gasteiger partial charge in [-0.15, -0.1) is 12.4 Å². The number of anilines is 2. The molecule has 1 atom stereocenters. The van der Waals surface area contributed by atoms with E-state index in [1.54, 1.807) is 6.07 Å². The van der Waals surface area contributed by atoms with E-state index in [1.165, 1.54) is 6.92 Å². The van der Waals surface area contributed by atoms with Crippen LogP contribution in [0.4, 0.5) is 11.4 Å². The zero-order chi connectivity index (χ0) is 14.5. The van der Waals surface area contributed by atoms with Crippen LogP contribution in [-0.2, 0) is 14.3 Å². The molecule has 1 saturated heterocycles. The van der Waals surface area contributed by atoms with Crippen molar-refractivity contribution < 1.29 is 14.3 Å². The number of carbonyl (C=O) groups is 2. The molecule has 1 aromatic rings. The van der Waals surface area contributed by atoms with Gasteiger partial charge in [0.2, 0.25) is 5.91 Å². The van der Waals surface area contributed by atoms with Crippen LogP contribution in [-0.4, -0.2) is 37.6 Å². The highest BCUT2D eigenvalue weighted by Crippen LogP contribution is 2.23. The molecule has 116 valence electrons. The smallest absolute Gasteiger partial charge is 0.254 e. The van der Waals surface area contributed by atoms with Gasteiger partial charge in [0.15, 0.2) is 0 Å². The van der Waals surface area contributed by atoms with Gasteiger partial charge in [-0.2, -0.15) is 0 Å². The summed E-state index contributed by atoms with van der Waals surface area (Å²) in [5.41, 5.74) is 2.16. The summed E-state index contributed by atoms with van der Waals surface area (Å²) >= 11 is 0. The second kappa shape index (κ2) is 7.97. The van der Waals surface area contributed by atoms with Gasteiger partial charge in [0.25, 0.3) is 5.91 Å². The van der Waals surface area contributed by atoms with Gasteiger partial charge in [-0.05, 0) is 24.6 Å². The van der Waals surface area contributed by atoms with Crippen molar-refractivity contribution in [3.05, 3.63) is 23.8 Å². The second-order valence-electron chi connectivity index (χ2n) is 4.78. The summed E-state index contributed by atoms with van der Waals surface area (Å²) in [6.45, 7) is 5.12. The van der Waals surface area contributed by atoms with Crippen molar-refractivity contribution in [2.75, 3.05) is 30.3 Å². The van der Waals surface area contributed by atoms with Gasteiger partial charge in [0, 0.05) is 20.0 Å². The first kappa shape index (κ1) is 17.4. The number of hydrogen-bond donors (Lipinski definition) is 3. The summed E-state index contributed by atoms with van der Waals surface area (Å²) in [6, 6.07) is 5.46. The van der Waals surface area contributed by atoms with Crippen molar-refractivity contribution >= 4 is 35.6 Å². The van der Waals surface area contributed by atoms with Crippen molar-refractivity contribution in [3.8, 4) is 0 Å². The fourth-order valence-corrected chi connectivity index (χ4v) is 2.01. The molecule has 1 aliphatic rings. The van der Waals surface area contributed by atoms with Gasteiger partial charge in [0.05, 0.1) is 18.0 Å². The van der Waals surface area contributed by atoms with E-state index in [2.05, 4.69) is 16.0 Å². The number of amides is 2. The zero-order valence-corrected chi connectivity index (χ0v) is 12.9. The first-order valence-electron chi connectivity index (χ1n) is 6.57. The van der Waals surface area contributed by atoms with Crippen LogP contribution in [0.15, 0.2) is 18.2 Å². The Morgan fingerprint density at radius 1 is 1.29 bits per heavy atom. The minimum absolute atomic E-state index is 0. The lowest BCUT2D eigenvalue weighted by molar-refractivity contribution is -0.128. The molecule has 1 fully saturated rings. The summed E-state index contributed by atoms with van der Waals surface area (Å²) in [5, 5.41) is 8.61. The molecule has 21 heavy (non-hydrogen) atoms. The number of benzene rings is 1. The summed E-state index contributed by atoms with van der Waals surface area (Å²) in [6.07, 6.45) is -0.505. The normalized spacial score (nSPS) is 17.5. The highest BCUT2D eigenvalue weighted by molar-refractivity contribution is 6.00. The van der Waals surface area contributed by atoms with Crippen LogP contribution in [0.5, 0.6) is 0 Å². The Hall–Kier alpha value is -1.63. The van der Waals surface area contributed by atoms with Crippen LogP contribution in [0.3, 0.4) is 0 Å². The second-order valence-corrected chi connectivity index (χ2v) is 4.78. The predicted octanol–water partition coefficient (Wildman–Crippen LogP) is 1.30. The van der Waals surface area contributed by atoms with Crippen molar-refractivity contribution in [3.63, 3.8) is 0 Å². The molecular formula is C14H20ClN3O3. The molecule has 6 nitrogen and oxygen atoms in total. The molecule has 1 aromatic carbocycles. The Bertz CT molecular complexity index is 516. The highest BCUT2D eigenvalue weighted by atomic mass is 35.5. The van der Waals surface area contributed by atoms with Gasteiger partial charge < -0.3 is 20.7 Å². The third-order valence-corrected chi connectivity index (χ3v) is 2.96. The molecule has 2 rings (SSSR count). The molecule has 0 saturated carbocycles. The van der Waals surface area contributed by atoms with E-state index in [9.17, 15) is 9.59 Å². The molecule has 1 heterocycles. The quantitative estimate of drug-likeness (QED) is 0.786. The maximum absolute atomic E-state index is 12.1. The number of halogens is 1. The molecule has 0 aliphatic carbocycles. The minimum Gasteiger partial charge on any atom is -0.366 e. The molecule has 2 amide bonds. The van der Waals surface area contributed by atoms with Crippen molar-refractivity contribution in [2.24, 2.45) is 0 Å². The summed E-state index contributed by atoms with van der Waals surface area (Å²) in [7, 11) is 0. The van der Waals surface area contributed by atoms with Gasteiger partial charge in [-0.3, -0.25) is 9.59 Å². The third-order valence-electron chi connectivity index (χ3n) is 2.96. The van der Waals surface area contributed by atoms with E-state index in [0.29, 0.717) is 24.5 Å². The number of hydrogen-bond acceptors (Lipinski definition) is 4. The number of rotatable bonds is 3. The van der Waals surface area contributed by atoms with Gasteiger partial charge in [-0.1, -0.05) is 6.07 Å². The monoisotopic (exact) mass is 313 g/mol. The molecule has 1 unspecified atom stereocenters. The Morgan fingerprint density at radius 3 is 2.67 bits per heavy atom. The number of ether oxygens (including phenoxy) is 1. The van der Waals surface area contributed by atoms with Crippen LogP contribution in [0.2, 0.25) is 0 Å². The molecule has 7 heteroatoms. The summed E-state index contributed by atoms with van der Waals surface area (Å²) in [5.74, 6) is -0.394. The SMILES string of the molecule is CC(=O)Nc1ccc(C)cc1NC(=O)C1CNCCO1.Cl. The molecule has 0 bridgehead atoms. The van der Waals surface area contributed by atoms with Crippen LogP contribution in [0.1, 0.15) is 12.5 Å². The third kappa shape index (κ3) is 5.00. The minimum atomic E-state index is -0.505. The van der Waals surface area contributed by atoms with E-state index < -0.39 is 6.10 Å². The first-order chi connectivity index (χ1) is 9.56. The van der Waals surface area contributed by atoms with Crippen LogP contribution in [0.25, 0.3) is 0 Å². The maximum atomic E-state index is 12.1. The van der Waals surface area contributed by atoms with Gasteiger partial charge in [-0.25, -0.2) is 0 Å². The van der Waals surface area contributed by atoms with Crippen molar-refractivity contribution in [2.45, 2.75) is 20.0 Å². The summed E-state index contributed by atoms with van der Waals surface area (Å²) < 4.78 is 5.40. The molecule has 0 aromatic heterocycles. The van der Waals surface area contributed by atoms with Crippen LogP contribution in [0, 0.1) is 6.92 Å². The van der Waals surface area contributed by atoms with E-state index in [4.69, 9.17) is 4.74 Å². The molecule has 0 radical (unpaired) electrons. The van der Waals surface area contributed by atoms with E-state index in [1.807, 2.05) is 19.1 Å². The maximum Gasteiger partial charge on any atom is 0.254 e. The largest absolute Gasteiger partial charge is 0.366 e. The predicted molar refractivity (Wildman–Crippen MR) is 84.0 cm³/mol. The Morgan fingerprint density at radius 2 is 2.05 bits per heavy atom. The lowest BCUT2D eigenvalue weighted by Crippen LogP contribution is -2.45.